The molecule has 0 saturated heterocycles. The van der Waals surface area contributed by atoms with Crippen molar-refractivity contribution in [2.24, 2.45) is 0 Å². The molecule has 0 bridgehead atoms. The fraction of sp³-hybridized carbons (Fsp3) is 0.0588. The fourth-order valence-electron chi connectivity index (χ4n) is 1.93. The number of aromatic carboxylic acids is 1. The van der Waals surface area contributed by atoms with Crippen molar-refractivity contribution < 1.29 is 14.6 Å². The Morgan fingerprint density at radius 1 is 1.14 bits per heavy atom. The van der Waals surface area contributed by atoms with Gasteiger partial charge in [0.25, 0.3) is 0 Å². The van der Waals surface area contributed by atoms with Crippen molar-refractivity contribution in [2.75, 3.05) is 7.11 Å². The third-order valence-corrected chi connectivity index (χ3v) is 2.98. The second-order valence-corrected chi connectivity index (χ2v) is 4.28. The summed E-state index contributed by atoms with van der Waals surface area (Å²) in [4.78, 5) is 11.1. The molecule has 2 aromatic carbocycles. The van der Waals surface area contributed by atoms with Gasteiger partial charge in [-0.3, -0.25) is 0 Å². The highest BCUT2D eigenvalue weighted by Crippen LogP contribution is 2.22. The minimum atomic E-state index is -1.30. The number of carboxylic acid groups (broad SMARTS) is 1. The summed E-state index contributed by atoms with van der Waals surface area (Å²) in [5, 5.41) is 20.4. The molecule has 0 atom stereocenters. The van der Waals surface area contributed by atoms with Gasteiger partial charge >= 0.3 is 0 Å². The summed E-state index contributed by atoms with van der Waals surface area (Å²) >= 11 is 0. The molecule has 0 aliphatic heterocycles. The average Bonchev–Trinajstić information content (AvgIpc) is 2.53. The van der Waals surface area contributed by atoms with Crippen LogP contribution in [0.5, 0.6) is 5.75 Å². The van der Waals surface area contributed by atoms with E-state index in [0.717, 1.165) is 5.56 Å². The van der Waals surface area contributed by atoms with Gasteiger partial charge < -0.3 is 14.6 Å². The lowest BCUT2D eigenvalue weighted by molar-refractivity contribution is -0.255. The molecule has 0 heterocycles. The van der Waals surface area contributed by atoms with Crippen LogP contribution in [0.3, 0.4) is 0 Å². The molecule has 0 unspecified atom stereocenters. The van der Waals surface area contributed by atoms with Crippen molar-refractivity contribution in [1.29, 1.82) is 5.26 Å². The minimum Gasteiger partial charge on any atom is -0.545 e. The third-order valence-electron chi connectivity index (χ3n) is 2.98. The molecular weight excluding hydrogens is 266 g/mol. The Morgan fingerprint density at radius 2 is 1.76 bits per heavy atom. The van der Waals surface area contributed by atoms with Crippen molar-refractivity contribution >= 4 is 17.6 Å². The second-order valence-electron chi connectivity index (χ2n) is 4.28. The number of ether oxygens (including phenoxy) is 1. The fourth-order valence-corrected chi connectivity index (χ4v) is 1.93. The maximum atomic E-state index is 11.1. The van der Waals surface area contributed by atoms with E-state index in [2.05, 4.69) is 0 Å². The number of hydrogen-bond donors (Lipinski definition) is 0. The Bertz CT molecular complexity index is 724. The van der Waals surface area contributed by atoms with Gasteiger partial charge in [-0.05, 0) is 23.8 Å². The van der Waals surface area contributed by atoms with E-state index in [0.29, 0.717) is 11.3 Å². The summed E-state index contributed by atoms with van der Waals surface area (Å²) in [5.41, 5.74) is 1.38. The number of carbonyl (C=O) groups excluding carboxylic acids is 1. The van der Waals surface area contributed by atoms with Gasteiger partial charge in [-0.25, -0.2) is 0 Å². The van der Waals surface area contributed by atoms with Crippen molar-refractivity contribution in [1.82, 2.24) is 0 Å². The van der Waals surface area contributed by atoms with Gasteiger partial charge in [-0.1, -0.05) is 36.4 Å². The molecule has 0 fully saturated rings. The topological polar surface area (TPSA) is 73.1 Å². The van der Waals surface area contributed by atoms with Crippen LogP contribution in [0.2, 0.25) is 0 Å². The minimum absolute atomic E-state index is 0.00110. The van der Waals surface area contributed by atoms with Gasteiger partial charge in [0.15, 0.2) is 0 Å². The first-order chi connectivity index (χ1) is 10.2. The lowest BCUT2D eigenvalue weighted by atomic mass is 9.98. The number of carbonyl (C=O) groups is 1. The first-order valence-corrected chi connectivity index (χ1v) is 6.22. The SMILES string of the molecule is COc1ccc(/C=C(\C#N)c2ccccc2C(=O)[O-])cc1. The number of benzene rings is 2. The predicted molar refractivity (Wildman–Crippen MR) is 77.3 cm³/mol. The van der Waals surface area contributed by atoms with Gasteiger partial charge in [0, 0.05) is 11.1 Å². The molecule has 21 heavy (non-hydrogen) atoms. The van der Waals surface area contributed by atoms with Crippen molar-refractivity contribution in [3.63, 3.8) is 0 Å². The molecule has 0 spiro atoms. The van der Waals surface area contributed by atoms with Crippen LogP contribution in [0.4, 0.5) is 0 Å². The predicted octanol–water partition coefficient (Wildman–Crippen LogP) is 2.12. The van der Waals surface area contributed by atoms with Gasteiger partial charge in [-0.15, -0.1) is 0 Å². The quantitative estimate of drug-likeness (QED) is 0.634. The summed E-state index contributed by atoms with van der Waals surface area (Å²) in [6, 6.07) is 15.4. The van der Waals surface area contributed by atoms with Crippen LogP contribution in [0.15, 0.2) is 48.5 Å². The van der Waals surface area contributed by atoms with Crippen LogP contribution >= 0.6 is 0 Å². The van der Waals surface area contributed by atoms with E-state index in [1.54, 1.807) is 55.7 Å². The zero-order valence-corrected chi connectivity index (χ0v) is 11.4. The zero-order valence-electron chi connectivity index (χ0n) is 11.4. The van der Waals surface area contributed by atoms with E-state index in [-0.39, 0.29) is 11.1 Å². The molecule has 4 nitrogen and oxygen atoms in total. The smallest absolute Gasteiger partial charge is 0.118 e. The molecule has 4 heteroatoms. The standard InChI is InChI=1S/C17H13NO3/c1-21-14-8-6-12(7-9-14)10-13(11-18)15-4-2-3-5-16(15)17(19)20/h2-10H,1H3,(H,19,20)/p-1/b13-10+. The summed E-state index contributed by atoms with van der Waals surface area (Å²) in [6.45, 7) is 0. The summed E-state index contributed by atoms with van der Waals surface area (Å²) < 4.78 is 5.06. The average molecular weight is 278 g/mol. The monoisotopic (exact) mass is 278 g/mol. The second kappa shape index (κ2) is 6.40. The molecule has 0 aliphatic rings. The molecule has 104 valence electrons. The highest BCUT2D eigenvalue weighted by atomic mass is 16.5. The number of nitriles is 1. The van der Waals surface area contributed by atoms with E-state index in [1.807, 2.05) is 6.07 Å². The molecule has 0 aliphatic carbocycles. The summed E-state index contributed by atoms with van der Waals surface area (Å²) in [5.74, 6) is -0.595. The number of rotatable bonds is 4. The largest absolute Gasteiger partial charge is 0.545 e. The molecule has 0 N–H and O–H groups in total. The van der Waals surface area contributed by atoms with E-state index in [4.69, 9.17) is 4.74 Å². The number of hydrogen-bond acceptors (Lipinski definition) is 4. The third kappa shape index (κ3) is 3.28. The highest BCUT2D eigenvalue weighted by Gasteiger charge is 2.08. The molecule has 0 aromatic heterocycles. The van der Waals surface area contributed by atoms with Gasteiger partial charge in [-0.2, -0.15) is 5.26 Å². The molecule has 2 aromatic rings. The molecule has 0 saturated carbocycles. The summed E-state index contributed by atoms with van der Waals surface area (Å²) in [7, 11) is 1.57. The van der Waals surface area contributed by atoms with E-state index in [1.165, 1.54) is 6.07 Å². The van der Waals surface area contributed by atoms with Crippen LogP contribution in [0.25, 0.3) is 11.6 Å². The number of nitrogens with zero attached hydrogens (tertiary/aromatic N) is 1. The molecular formula is C17H12NO3-. The van der Waals surface area contributed by atoms with Gasteiger partial charge in [0.05, 0.1) is 24.7 Å². The van der Waals surface area contributed by atoms with Crippen molar-refractivity contribution in [3.8, 4) is 11.8 Å². The van der Waals surface area contributed by atoms with Crippen molar-refractivity contribution in [2.45, 2.75) is 0 Å². The van der Waals surface area contributed by atoms with E-state index >= 15 is 0 Å². The lowest BCUT2D eigenvalue weighted by Gasteiger charge is -2.09. The maximum Gasteiger partial charge on any atom is 0.118 e. The van der Waals surface area contributed by atoms with Crippen LogP contribution < -0.4 is 9.84 Å². The van der Waals surface area contributed by atoms with Crippen LogP contribution in [0.1, 0.15) is 21.5 Å². The normalized spacial score (nSPS) is 10.8. The maximum absolute atomic E-state index is 11.1. The van der Waals surface area contributed by atoms with Crippen LogP contribution in [-0.4, -0.2) is 13.1 Å². The van der Waals surface area contributed by atoms with Crippen LogP contribution in [0, 0.1) is 11.3 Å². The Morgan fingerprint density at radius 3 is 2.29 bits per heavy atom. The highest BCUT2D eigenvalue weighted by molar-refractivity contribution is 5.99. The Kier molecular flexibility index (Phi) is 4.37. The Hall–Kier alpha value is -3.06. The van der Waals surface area contributed by atoms with E-state index < -0.39 is 5.97 Å². The Balaban J connectivity index is 2.46. The van der Waals surface area contributed by atoms with Crippen LogP contribution in [-0.2, 0) is 0 Å². The first kappa shape index (κ1) is 14.4. The van der Waals surface area contributed by atoms with Gasteiger partial charge in [0.1, 0.15) is 5.75 Å². The first-order valence-electron chi connectivity index (χ1n) is 6.22. The van der Waals surface area contributed by atoms with Gasteiger partial charge in [0.2, 0.25) is 0 Å². The lowest BCUT2D eigenvalue weighted by Crippen LogP contribution is -2.23. The summed E-state index contributed by atoms with van der Waals surface area (Å²) in [6.07, 6.45) is 1.63. The van der Waals surface area contributed by atoms with Crippen molar-refractivity contribution in [3.05, 3.63) is 65.2 Å². The molecule has 0 radical (unpaired) electrons. The van der Waals surface area contributed by atoms with E-state index in [9.17, 15) is 15.2 Å². The molecule has 2 rings (SSSR count). The number of carboxylic acids is 1. The number of methoxy groups -OCH3 is 1. The zero-order chi connectivity index (χ0) is 15.2. The Labute approximate surface area is 122 Å². The number of allylic oxidation sites excluding steroid dienone is 1. The molecule has 0 amide bonds.